The van der Waals surface area contributed by atoms with Gasteiger partial charge in [0.2, 0.25) is 0 Å². The minimum absolute atomic E-state index is 0.0180. The number of sulfone groups is 1. The largest absolute Gasteiger partial charge is 0.490 e. The van der Waals surface area contributed by atoms with Gasteiger partial charge in [0.05, 0.1) is 12.4 Å². The molecule has 0 saturated carbocycles. The Morgan fingerprint density at radius 3 is 2.56 bits per heavy atom. The van der Waals surface area contributed by atoms with Gasteiger partial charge in [-0.05, 0) is 18.6 Å². The molecule has 0 N–H and O–H groups in total. The Balaban J connectivity index is 2.43. The molecule has 6 heteroatoms. The van der Waals surface area contributed by atoms with E-state index in [-0.39, 0.29) is 24.5 Å². The zero-order valence-electron chi connectivity index (χ0n) is 8.74. The van der Waals surface area contributed by atoms with E-state index in [4.69, 9.17) is 4.74 Å². The SMILES string of the molecule is CS(=O)(=O)CCCOc1ccc(F)cc1F. The van der Waals surface area contributed by atoms with Crippen molar-refractivity contribution in [3.8, 4) is 5.75 Å². The first kappa shape index (κ1) is 12.9. The van der Waals surface area contributed by atoms with Crippen molar-refractivity contribution in [2.75, 3.05) is 18.6 Å². The molecule has 0 bridgehead atoms. The maximum atomic E-state index is 13.0. The molecule has 0 aliphatic rings. The first-order chi connectivity index (χ1) is 7.38. The van der Waals surface area contributed by atoms with E-state index in [1.807, 2.05) is 0 Å². The van der Waals surface area contributed by atoms with Crippen molar-refractivity contribution in [2.45, 2.75) is 6.42 Å². The second kappa shape index (κ2) is 5.25. The Morgan fingerprint density at radius 2 is 2.00 bits per heavy atom. The van der Waals surface area contributed by atoms with Gasteiger partial charge in [-0.2, -0.15) is 0 Å². The molecule has 0 heterocycles. The summed E-state index contributed by atoms with van der Waals surface area (Å²) >= 11 is 0. The number of rotatable bonds is 5. The van der Waals surface area contributed by atoms with Crippen LogP contribution in [0.15, 0.2) is 18.2 Å². The Hall–Kier alpha value is -1.17. The van der Waals surface area contributed by atoms with Gasteiger partial charge in [-0.1, -0.05) is 0 Å². The van der Waals surface area contributed by atoms with Crippen LogP contribution in [0.5, 0.6) is 5.75 Å². The van der Waals surface area contributed by atoms with E-state index < -0.39 is 21.5 Å². The van der Waals surface area contributed by atoms with Gasteiger partial charge in [0.25, 0.3) is 0 Å². The van der Waals surface area contributed by atoms with E-state index in [9.17, 15) is 17.2 Å². The monoisotopic (exact) mass is 250 g/mol. The van der Waals surface area contributed by atoms with Gasteiger partial charge in [-0.25, -0.2) is 17.2 Å². The summed E-state index contributed by atoms with van der Waals surface area (Å²) in [5.41, 5.74) is 0. The smallest absolute Gasteiger partial charge is 0.167 e. The predicted octanol–water partition coefficient (Wildman–Crippen LogP) is 1.78. The van der Waals surface area contributed by atoms with Crippen LogP contribution in [0.3, 0.4) is 0 Å². The summed E-state index contributed by atoms with van der Waals surface area (Å²) in [5.74, 6) is -1.56. The average molecular weight is 250 g/mol. The molecule has 16 heavy (non-hydrogen) atoms. The molecule has 0 amide bonds. The van der Waals surface area contributed by atoms with Crippen molar-refractivity contribution < 1.29 is 21.9 Å². The number of hydrogen-bond donors (Lipinski definition) is 0. The Labute approximate surface area is 93.0 Å². The summed E-state index contributed by atoms with van der Waals surface area (Å²) in [6.07, 6.45) is 1.39. The van der Waals surface area contributed by atoms with E-state index in [2.05, 4.69) is 0 Å². The van der Waals surface area contributed by atoms with Crippen molar-refractivity contribution in [1.82, 2.24) is 0 Å². The normalized spacial score (nSPS) is 11.4. The summed E-state index contributed by atoms with van der Waals surface area (Å²) in [4.78, 5) is 0. The molecule has 0 unspecified atom stereocenters. The summed E-state index contributed by atoms with van der Waals surface area (Å²) in [5, 5.41) is 0. The van der Waals surface area contributed by atoms with Crippen LogP contribution >= 0.6 is 0 Å². The maximum absolute atomic E-state index is 13.0. The number of hydrogen-bond acceptors (Lipinski definition) is 3. The molecule has 90 valence electrons. The van der Waals surface area contributed by atoms with Crippen molar-refractivity contribution in [3.05, 3.63) is 29.8 Å². The highest BCUT2D eigenvalue weighted by atomic mass is 32.2. The van der Waals surface area contributed by atoms with E-state index in [0.29, 0.717) is 6.07 Å². The van der Waals surface area contributed by atoms with Crippen LogP contribution in [0.4, 0.5) is 8.78 Å². The van der Waals surface area contributed by atoms with Crippen LogP contribution in [-0.4, -0.2) is 27.0 Å². The lowest BCUT2D eigenvalue weighted by molar-refractivity contribution is 0.300. The predicted molar refractivity (Wildman–Crippen MR) is 56.2 cm³/mol. The maximum Gasteiger partial charge on any atom is 0.167 e. The molecule has 0 atom stereocenters. The fourth-order valence-corrected chi connectivity index (χ4v) is 1.74. The van der Waals surface area contributed by atoms with Crippen molar-refractivity contribution in [1.29, 1.82) is 0 Å². The highest BCUT2D eigenvalue weighted by molar-refractivity contribution is 7.90. The molecule has 0 aromatic heterocycles. The van der Waals surface area contributed by atoms with Crippen LogP contribution in [0.1, 0.15) is 6.42 Å². The summed E-state index contributed by atoms with van der Waals surface area (Å²) in [7, 11) is -3.03. The molecule has 0 spiro atoms. The lowest BCUT2D eigenvalue weighted by atomic mass is 10.3. The van der Waals surface area contributed by atoms with Crippen molar-refractivity contribution in [3.63, 3.8) is 0 Å². The fraction of sp³-hybridized carbons (Fsp3) is 0.400. The van der Waals surface area contributed by atoms with Gasteiger partial charge >= 0.3 is 0 Å². The number of halogens is 2. The van der Waals surface area contributed by atoms with Gasteiger partial charge < -0.3 is 4.74 Å². The van der Waals surface area contributed by atoms with E-state index >= 15 is 0 Å². The van der Waals surface area contributed by atoms with Crippen molar-refractivity contribution in [2.24, 2.45) is 0 Å². The summed E-state index contributed by atoms with van der Waals surface area (Å²) in [6, 6.07) is 2.96. The molecule has 0 radical (unpaired) electrons. The second-order valence-electron chi connectivity index (χ2n) is 3.41. The van der Waals surface area contributed by atoms with E-state index in [1.165, 1.54) is 6.07 Å². The minimum Gasteiger partial charge on any atom is -0.490 e. The third-order valence-corrected chi connectivity index (χ3v) is 2.84. The molecule has 1 aromatic rings. The lowest BCUT2D eigenvalue weighted by Gasteiger charge is -2.06. The molecule has 0 aliphatic carbocycles. The molecule has 3 nitrogen and oxygen atoms in total. The van der Waals surface area contributed by atoms with Crippen LogP contribution in [0.25, 0.3) is 0 Å². The van der Waals surface area contributed by atoms with Crippen molar-refractivity contribution >= 4 is 9.84 Å². The van der Waals surface area contributed by atoms with Gasteiger partial charge in [0.15, 0.2) is 11.6 Å². The number of benzene rings is 1. The molecule has 1 aromatic carbocycles. The second-order valence-corrected chi connectivity index (χ2v) is 5.67. The first-order valence-electron chi connectivity index (χ1n) is 4.64. The van der Waals surface area contributed by atoms with Gasteiger partial charge in [-0.15, -0.1) is 0 Å². The summed E-state index contributed by atoms with van der Waals surface area (Å²) in [6.45, 7) is 0.0790. The topological polar surface area (TPSA) is 43.4 Å². The molecular weight excluding hydrogens is 238 g/mol. The molecular formula is C10H12F2O3S. The van der Waals surface area contributed by atoms with Gasteiger partial charge in [0.1, 0.15) is 15.7 Å². The minimum atomic E-state index is -3.03. The lowest BCUT2D eigenvalue weighted by Crippen LogP contribution is -2.08. The molecule has 1 rings (SSSR count). The Bertz CT molecular complexity index is 457. The Morgan fingerprint density at radius 1 is 1.31 bits per heavy atom. The Kier molecular flexibility index (Phi) is 4.23. The third-order valence-electron chi connectivity index (χ3n) is 1.81. The average Bonchev–Trinajstić information content (AvgIpc) is 2.13. The standard InChI is InChI=1S/C10H12F2O3S/c1-16(13,14)6-2-5-15-10-4-3-8(11)7-9(10)12/h3-4,7H,2,5-6H2,1H3. The molecule has 0 saturated heterocycles. The highest BCUT2D eigenvalue weighted by Crippen LogP contribution is 2.17. The zero-order valence-corrected chi connectivity index (χ0v) is 9.56. The van der Waals surface area contributed by atoms with E-state index in [1.54, 1.807) is 0 Å². The highest BCUT2D eigenvalue weighted by Gasteiger charge is 2.06. The molecule has 0 fully saturated rings. The van der Waals surface area contributed by atoms with Gasteiger partial charge in [0, 0.05) is 12.3 Å². The fourth-order valence-electron chi connectivity index (χ4n) is 1.10. The van der Waals surface area contributed by atoms with Crippen LogP contribution in [0.2, 0.25) is 0 Å². The first-order valence-corrected chi connectivity index (χ1v) is 6.70. The zero-order chi connectivity index (χ0) is 12.2. The quantitative estimate of drug-likeness (QED) is 0.748. The van der Waals surface area contributed by atoms with Crippen LogP contribution < -0.4 is 4.74 Å². The van der Waals surface area contributed by atoms with E-state index in [0.717, 1.165) is 12.3 Å². The van der Waals surface area contributed by atoms with Crippen LogP contribution in [-0.2, 0) is 9.84 Å². The third kappa shape index (κ3) is 4.57. The van der Waals surface area contributed by atoms with Crippen LogP contribution in [0, 0.1) is 11.6 Å². The van der Waals surface area contributed by atoms with Gasteiger partial charge in [-0.3, -0.25) is 0 Å². The summed E-state index contributed by atoms with van der Waals surface area (Å²) < 4.78 is 52.1. The molecule has 0 aliphatic heterocycles. The number of ether oxygens (including phenoxy) is 1.